The fraction of sp³-hybridized carbons (Fsp3) is 0.462. The average Bonchev–Trinajstić information content (AvgIpc) is 2.37. The highest BCUT2D eigenvalue weighted by molar-refractivity contribution is 6.33. The fourth-order valence-corrected chi connectivity index (χ4v) is 2.18. The van der Waals surface area contributed by atoms with Crippen molar-refractivity contribution in [3.63, 3.8) is 0 Å². The molecule has 1 aromatic rings. The Bertz CT molecular complexity index is 431. The van der Waals surface area contributed by atoms with Gasteiger partial charge >= 0.3 is 0 Å². The summed E-state index contributed by atoms with van der Waals surface area (Å²) in [6.07, 6.45) is 0.0342. The van der Waals surface area contributed by atoms with Crippen LogP contribution in [0.3, 0.4) is 0 Å². The number of benzene rings is 1. The van der Waals surface area contributed by atoms with Gasteiger partial charge in [-0.2, -0.15) is 0 Å². The summed E-state index contributed by atoms with van der Waals surface area (Å²) in [4.78, 5) is 11.9. The first-order valence-electron chi connectivity index (χ1n) is 6.03. The van der Waals surface area contributed by atoms with Gasteiger partial charge in [0, 0.05) is 19.6 Å². The molecule has 2 rings (SSSR count). The van der Waals surface area contributed by atoms with Gasteiger partial charge in [0.25, 0.3) is 5.91 Å². The summed E-state index contributed by atoms with van der Waals surface area (Å²) < 4.78 is 5.50. The standard InChI is InChI=1S/C13H17ClN2O2/c1-9-2-3-11(12(14)6-9)13(17)16-8-10-7-15-4-5-18-10/h2-3,6,10,15H,4-5,7-8H2,1H3,(H,16,17). The molecule has 1 saturated heterocycles. The molecule has 4 nitrogen and oxygen atoms in total. The Morgan fingerprint density at radius 1 is 1.61 bits per heavy atom. The van der Waals surface area contributed by atoms with E-state index in [0.29, 0.717) is 23.7 Å². The quantitative estimate of drug-likeness (QED) is 0.871. The van der Waals surface area contributed by atoms with Gasteiger partial charge in [-0.15, -0.1) is 0 Å². The Morgan fingerprint density at radius 2 is 2.44 bits per heavy atom. The van der Waals surface area contributed by atoms with Crippen LogP contribution in [0, 0.1) is 6.92 Å². The molecule has 0 spiro atoms. The molecular weight excluding hydrogens is 252 g/mol. The van der Waals surface area contributed by atoms with E-state index in [4.69, 9.17) is 16.3 Å². The van der Waals surface area contributed by atoms with Crippen LogP contribution >= 0.6 is 11.6 Å². The molecule has 5 heteroatoms. The minimum atomic E-state index is -0.158. The fourth-order valence-electron chi connectivity index (χ4n) is 1.86. The largest absolute Gasteiger partial charge is 0.374 e. The molecule has 18 heavy (non-hydrogen) atoms. The first kappa shape index (κ1) is 13.3. The molecule has 1 unspecified atom stereocenters. The van der Waals surface area contributed by atoms with E-state index < -0.39 is 0 Å². The number of amides is 1. The molecule has 0 radical (unpaired) electrons. The molecular formula is C13H17ClN2O2. The summed E-state index contributed by atoms with van der Waals surface area (Å²) in [5, 5.41) is 6.54. The normalized spacial score (nSPS) is 19.6. The van der Waals surface area contributed by atoms with Crippen molar-refractivity contribution in [1.82, 2.24) is 10.6 Å². The van der Waals surface area contributed by atoms with Crippen molar-refractivity contribution in [1.29, 1.82) is 0 Å². The predicted molar refractivity (Wildman–Crippen MR) is 71.1 cm³/mol. The third-order valence-corrected chi connectivity index (χ3v) is 3.18. The molecule has 1 atom stereocenters. The topological polar surface area (TPSA) is 50.4 Å². The third-order valence-electron chi connectivity index (χ3n) is 2.86. The van der Waals surface area contributed by atoms with E-state index in [1.807, 2.05) is 13.0 Å². The Morgan fingerprint density at radius 3 is 3.11 bits per heavy atom. The molecule has 1 aliphatic rings. The molecule has 1 aromatic carbocycles. The highest BCUT2D eigenvalue weighted by atomic mass is 35.5. The Hall–Kier alpha value is -1.10. The zero-order valence-electron chi connectivity index (χ0n) is 10.3. The van der Waals surface area contributed by atoms with Crippen LogP contribution in [0.2, 0.25) is 5.02 Å². The first-order chi connectivity index (χ1) is 8.66. The van der Waals surface area contributed by atoms with Crippen molar-refractivity contribution in [2.75, 3.05) is 26.2 Å². The molecule has 0 bridgehead atoms. The van der Waals surface area contributed by atoms with Gasteiger partial charge in [0.05, 0.1) is 23.3 Å². The van der Waals surface area contributed by atoms with Gasteiger partial charge in [0.15, 0.2) is 0 Å². The van der Waals surface area contributed by atoms with Gasteiger partial charge in [-0.05, 0) is 24.6 Å². The lowest BCUT2D eigenvalue weighted by molar-refractivity contribution is 0.0287. The molecule has 0 saturated carbocycles. The van der Waals surface area contributed by atoms with Crippen LogP contribution in [0.1, 0.15) is 15.9 Å². The number of nitrogens with one attached hydrogen (secondary N) is 2. The van der Waals surface area contributed by atoms with Gasteiger partial charge in [-0.1, -0.05) is 17.7 Å². The number of carbonyl (C=O) groups is 1. The lowest BCUT2D eigenvalue weighted by Gasteiger charge is -2.23. The Labute approximate surface area is 112 Å². The molecule has 1 amide bonds. The summed E-state index contributed by atoms with van der Waals surface area (Å²) in [6.45, 7) is 4.76. The van der Waals surface area contributed by atoms with Gasteiger partial charge in [-0.3, -0.25) is 4.79 Å². The van der Waals surface area contributed by atoms with Gasteiger partial charge in [-0.25, -0.2) is 0 Å². The van der Waals surface area contributed by atoms with Crippen LogP contribution in [0.25, 0.3) is 0 Å². The first-order valence-corrected chi connectivity index (χ1v) is 6.41. The van der Waals surface area contributed by atoms with Gasteiger partial charge in [0.1, 0.15) is 0 Å². The highest BCUT2D eigenvalue weighted by Gasteiger charge is 2.16. The van der Waals surface area contributed by atoms with E-state index in [2.05, 4.69) is 10.6 Å². The maximum atomic E-state index is 11.9. The van der Waals surface area contributed by atoms with Gasteiger partial charge < -0.3 is 15.4 Å². The third kappa shape index (κ3) is 3.45. The monoisotopic (exact) mass is 268 g/mol. The number of hydrogen-bond acceptors (Lipinski definition) is 3. The van der Waals surface area contributed by atoms with E-state index >= 15 is 0 Å². The van der Waals surface area contributed by atoms with Crippen molar-refractivity contribution in [3.8, 4) is 0 Å². The number of halogens is 1. The SMILES string of the molecule is Cc1ccc(C(=O)NCC2CNCCO2)c(Cl)c1. The molecule has 2 N–H and O–H groups in total. The smallest absolute Gasteiger partial charge is 0.252 e. The number of aryl methyl sites for hydroxylation is 1. The van der Waals surface area contributed by atoms with E-state index in [1.165, 1.54) is 0 Å². The Kier molecular flexibility index (Phi) is 4.58. The lowest BCUT2D eigenvalue weighted by atomic mass is 10.1. The summed E-state index contributed by atoms with van der Waals surface area (Å²) in [5.41, 5.74) is 1.54. The zero-order chi connectivity index (χ0) is 13.0. The van der Waals surface area contributed by atoms with Crippen molar-refractivity contribution in [2.24, 2.45) is 0 Å². The van der Waals surface area contributed by atoms with Crippen LogP contribution in [-0.4, -0.2) is 38.3 Å². The van der Waals surface area contributed by atoms with E-state index in [1.54, 1.807) is 12.1 Å². The molecule has 98 valence electrons. The number of ether oxygens (including phenoxy) is 1. The average molecular weight is 269 g/mol. The summed E-state index contributed by atoms with van der Waals surface area (Å²) in [7, 11) is 0. The van der Waals surface area contributed by atoms with E-state index in [0.717, 1.165) is 18.7 Å². The highest BCUT2D eigenvalue weighted by Crippen LogP contribution is 2.17. The minimum absolute atomic E-state index is 0.0342. The molecule has 1 heterocycles. The predicted octanol–water partition coefficient (Wildman–Crippen LogP) is 1.37. The number of rotatable bonds is 3. The lowest BCUT2D eigenvalue weighted by Crippen LogP contribution is -2.45. The number of morpholine rings is 1. The van der Waals surface area contributed by atoms with Crippen molar-refractivity contribution >= 4 is 17.5 Å². The second-order valence-corrected chi connectivity index (χ2v) is 4.80. The maximum Gasteiger partial charge on any atom is 0.252 e. The van der Waals surface area contributed by atoms with Crippen LogP contribution < -0.4 is 10.6 Å². The van der Waals surface area contributed by atoms with Crippen molar-refractivity contribution in [3.05, 3.63) is 34.3 Å². The van der Waals surface area contributed by atoms with Crippen LogP contribution in [-0.2, 0) is 4.74 Å². The van der Waals surface area contributed by atoms with Crippen molar-refractivity contribution < 1.29 is 9.53 Å². The summed E-state index contributed by atoms with van der Waals surface area (Å²) >= 11 is 6.04. The minimum Gasteiger partial charge on any atom is -0.374 e. The van der Waals surface area contributed by atoms with Crippen LogP contribution in [0.4, 0.5) is 0 Å². The van der Waals surface area contributed by atoms with Crippen LogP contribution in [0.5, 0.6) is 0 Å². The van der Waals surface area contributed by atoms with Crippen LogP contribution in [0.15, 0.2) is 18.2 Å². The van der Waals surface area contributed by atoms with E-state index in [-0.39, 0.29) is 12.0 Å². The Balaban J connectivity index is 1.90. The van der Waals surface area contributed by atoms with E-state index in [9.17, 15) is 4.79 Å². The maximum absolute atomic E-state index is 11.9. The second kappa shape index (κ2) is 6.18. The summed E-state index contributed by atoms with van der Waals surface area (Å²) in [6, 6.07) is 5.40. The zero-order valence-corrected chi connectivity index (χ0v) is 11.1. The van der Waals surface area contributed by atoms with Crippen molar-refractivity contribution in [2.45, 2.75) is 13.0 Å². The number of carbonyl (C=O) groups excluding carboxylic acids is 1. The number of hydrogen-bond donors (Lipinski definition) is 2. The molecule has 0 aromatic heterocycles. The second-order valence-electron chi connectivity index (χ2n) is 4.39. The molecule has 1 fully saturated rings. The molecule has 0 aliphatic carbocycles. The molecule has 1 aliphatic heterocycles. The summed E-state index contributed by atoms with van der Waals surface area (Å²) in [5.74, 6) is -0.158. The van der Waals surface area contributed by atoms with Gasteiger partial charge in [0.2, 0.25) is 0 Å².